The largest absolute Gasteiger partial charge is 0.354 e. The van der Waals surface area contributed by atoms with Crippen molar-refractivity contribution in [3.8, 4) is 11.1 Å². The van der Waals surface area contributed by atoms with E-state index in [-0.39, 0.29) is 0 Å². The minimum atomic E-state index is 0.670. The Kier molecular flexibility index (Phi) is 4.60. The van der Waals surface area contributed by atoms with Gasteiger partial charge >= 0.3 is 0 Å². The predicted octanol–water partition coefficient (Wildman–Crippen LogP) is 1.56. The fraction of sp³-hybridized carbons (Fsp3) is 0.308. The summed E-state index contributed by atoms with van der Waals surface area (Å²) in [7, 11) is 1.94. The maximum absolute atomic E-state index is 4.29. The molecule has 0 atom stereocenters. The van der Waals surface area contributed by atoms with E-state index >= 15 is 0 Å². The van der Waals surface area contributed by atoms with Crippen LogP contribution in [0.25, 0.3) is 11.1 Å². The molecule has 0 saturated heterocycles. The lowest BCUT2D eigenvalue weighted by Crippen LogP contribution is -2.13. The number of pyridine rings is 1. The molecule has 0 bridgehead atoms. The van der Waals surface area contributed by atoms with Gasteiger partial charge in [0.15, 0.2) is 0 Å². The zero-order valence-corrected chi connectivity index (χ0v) is 10.4. The monoisotopic (exact) mass is 243 g/mol. The van der Waals surface area contributed by atoms with Gasteiger partial charge in [0.05, 0.1) is 0 Å². The number of anilines is 1. The molecule has 2 aromatic heterocycles. The van der Waals surface area contributed by atoms with Crippen LogP contribution in [0.5, 0.6) is 0 Å². The average molecular weight is 243 g/mol. The smallest absolute Gasteiger partial charge is 0.222 e. The summed E-state index contributed by atoms with van der Waals surface area (Å²) in [5.41, 5.74) is 2.07. The van der Waals surface area contributed by atoms with Crippen LogP contribution in [0.1, 0.15) is 6.42 Å². The number of aromatic nitrogens is 3. The zero-order chi connectivity index (χ0) is 12.6. The lowest BCUT2D eigenvalue weighted by atomic mass is 10.1. The molecular formula is C13H17N5. The Morgan fingerprint density at radius 2 is 1.72 bits per heavy atom. The fourth-order valence-electron chi connectivity index (χ4n) is 1.58. The molecule has 0 fully saturated rings. The van der Waals surface area contributed by atoms with Crippen LogP contribution in [-0.4, -0.2) is 35.1 Å². The Hall–Kier alpha value is -2.01. The number of nitrogens with zero attached hydrogens (tertiary/aromatic N) is 3. The topological polar surface area (TPSA) is 62.7 Å². The van der Waals surface area contributed by atoms with Gasteiger partial charge in [0, 0.05) is 36.9 Å². The standard InChI is InChI=1S/C13H17N5/c1-14-5-2-6-16-13-17-9-12(10-18-13)11-3-7-15-8-4-11/h3-4,7-10,14H,2,5-6H2,1H3,(H,16,17,18). The van der Waals surface area contributed by atoms with Gasteiger partial charge in [-0.25, -0.2) is 9.97 Å². The van der Waals surface area contributed by atoms with E-state index in [2.05, 4.69) is 25.6 Å². The van der Waals surface area contributed by atoms with E-state index in [1.165, 1.54) is 0 Å². The summed E-state index contributed by atoms with van der Waals surface area (Å²) in [5, 5.41) is 6.28. The molecule has 2 aromatic rings. The second-order valence-corrected chi connectivity index (χ2v) is 3.92. The second-order valence-electron chi connectivity index (χ2n) is 3.92. The number of rotatable bonds is 6. The number of nitrogens with one attached hydrogen (secondary N) is 2. The lowest BCUT2D eigenvalue weighted by molar-refractivity contribution is 0.745. The third kappa shape index (κ3) is 3.49. The molecule has 0 saturated carbocycles. The van der Waals surface area contributed by atoms with Crippen LogP contribution in [-0.2, 0) is 0 Å². The molecule has 2 heterocycles. The Morgan fingerprint density at radius 3 is 2.39 bits per heavy atom. The van der Waals surface area contributed by atoms with Crippen LogP contribution < -0.4 is 10.6 Å². The quantitative estimate of drug-likeness (QED) is 0.754. The van der Waals surface area contributed by atoms with E-state index in [1.54, 1.807) is 12.4 Å². The summed E-state index contributed by atoms with van der Waals surface area (Å²) in [6.07, 6.45) is 8.22. The highest BCUT2D eigenvalue weighted by Crippen LogP contribution is 2.16. The number of hydrogen-bond acceptors (Lipinski definition) is 5. The molecule has 94 valence electrons. The van der Waals surface area contributed by atoms with Crippen molar-refractivity contribution in [2.24, 2.45) is 0 Å². The SMILES string of the molecule is CNCCCNc1ncc(-c2ccncc2)cn1. The Bertz CT molecular complexity index is 455. The average Bonchev–Trinajstić information content (AvgIpc) is 2.45. The molecule has 0 aliphatic heterocycles. The summed E-state index contributed by atoms with van der Waals surface area (Å²) in [6.45, 7) is 1.86. The molecular weight excluding hydrogens is 226 g/mol. The minimum Gasteiger partial charge on any atom is -0.354 e. The molecule has 0 aliphatic carbocycles. The first-order valence-electron chi connectivity index (χ1n) is 6.01. The van der Waals surface area contributed by atoms with Crippen molar-refractivity contribution in [1.82, 2.24) is 20.3 Å². The fourth-order valence-corrected chi connectivity index (χ4v) is 1.58. The van der Waals surface area contributed by atoms with Crippen molar-refractivity contribution in [1.29, 1.82) is 0 Å². The lowest BCUT2D eigenvalue weighted by Gasteiger charge is -2.05. The maximum Gasteiger partial charge on any atom is 0.222 e. The maximum atomic E-state index is 4.29. The number of hydrogen-bond donors (Lipinski definition) is 2. The van der Waals surface area contributed by atoms with Gasteiger partial charge in [-0.2, -0.15) is 0 Å². The van der Waals surface area contributed by atoms with Crippen LogP contribution in [0.2, 0.25) is 0 Å². The predicted molar refractivity (Wildman–Crippen MR) is 72.3 cm³/mol. The third-order valence-corrected chi connectivity index (χ3v) is 2.55. The first-order valence-corrected chi connectivity index (χ1v) is 6.01. The second kappa shape index (κ2) is 6.66. The van der Waals surface area contributed by atoms with Crippen molar-refractivity contribution in [3.63, 3.8) is 0 Å². The van der Waals surface area contributed by atoms with Crippen LogP contribution in [0.4, 0.5) is 5.95 Å². The molecule has 2 rings (SSSR count). The van der Waals surface area contributed by atoms with Crippen molar-refractivity contribution >= 4 is 5.95 Å². The Balaban J connectivity index is 1.94. The van der Waals surface area contributed by atoms with E-state index in [1.807, 2.05) is 31.6 Å². The first kappa shape index (κ1) is 12.4. The van der Waals surface area contributed by atoms with Crippen molar-refractivity contribution in [2.75, 3.05) is 25.5 Å². The van der Waals surface area contributed by atoms with Crippen LogP contribution >= 0.6 is 0 Å². The normalized spacial score (nSPS) is 10.3. The molecule has 0 amide bonds. The third-order valence-electron chi connectivity index (χ3n) is 2.55. The molecule has 0 aliphatic rings. The highest BCUT2D eigenvalue weighted by Gasteiger charge is 1.99. The van der Waals surface area contributed by atoms with Crippen LogP contribution in [0.3, 0.4) is 0 Å². The molecule has 5 nitrogen and oxygen atoms in total. The van der Waals surface area contributed by atoms with Crippen LogP contribution in [0, 0.1) is 0 Å². The Morgan fingerprint density at radius 1 is 1.00 bits per heavy atom. The van der Waals surface area contributed by atoms with Gasteiger partial charge in [-0.1, -0.05) is 0 Å². The summed E-state index contributed by atoms with van der Waals surface area (Å²) in [6, 6.07) is 3.89. The van der Waals surface area contributed by atoms with Crippen molar-refractivity contribution < 1.29 is 0 Å². The van der Waals surface area contributed by atoms with E-state index < -0.39 is 0 Å². The minimum absolute atomic E-state index is 0.670. The van der Waals surface area contributed by atoms with E-state index in [0.717, 1.165) is 30.6 Å². The van der Waals surface area contributed by atoms with E-state index in [9.17, 15) is 0 Å². The highest BCUT2D eigenvalue weighted by atomic mass is 15.1. The van der Waals surface area contributed by atoms with Crippen LogP contribution in [0.15, 0.2) is 36.9 Å². The summed E-state index contributed by atoms with van der Waals surface area (Å²) in [5.74, 6) is 0.670. The summed E-state index contributed by atoms with van der Waals surface area (Å²) in [4.78, 5) is 12.6. The van der Waals surface area contributed by atoms with Crippen molar-refractivity contribution in [2.45, 2.75) is 6.42 Å². The Labute approximate surface area is 107 Å². The molecule has 5 heteroatoms. The molecule has 0 unspecified atom stereocenters. The molecule has 2 N–H and O–H groups in total. The van der Waals surface area contributed by atoms with E-state index in [4.69, 9.17) is 0 Å². The first-order chi connectivity index (χ1) is 8.90. The van der Waals surface area contributed by atoms with Gasteiger partial charge in [0.25, 0.3) is 0 Å². The van der Waals surface area contributed by atoms with Gasteiger partial charge < -0.3 is 10.6 Å². The molecule has 0 spiro atoms. The summed E-state index contributed by atoms with van der Waals surface area (Å²) >= 11 is 0. The molecule has 0 radical (unpaired) electrons. The van der Waals surface area contributed by atoms with E-state index in [0.29, 0.717) is 5.95 Å². The molecule has 18 heavy (non-hydrogen) atoms. The van der Waals surface area contributed by atoms with Gasteiger partial charge in [-0.05, 0) is 37.7 Å². The van der Waals surface area contributed by atoms with Gasteiger partial charge in [0.2, 0.25) is 5.95 Å². The van der Waals surface area contributed by atoms with Gasteiger partial charge in [0.1, 0.15) is 0 Å². The van der Waals surface area contributed by atoms with Gasteiger partial charge in [-0.3, -0.25) is 4.98 Å². The summed E-state index contributed by atoms with van der Waals surface area (Å²) < 4.78 is 0. The zero-order valence-electron chi connectivity index (χ0n) is 10.4. The van der Waals surface area contributed by atoms with Gasteiger partial charge in [-0.15, -0.1) is 0 Å². The highest BCUT2D eigenvalue weighted by molar-refractivity contribution is 5.61. The van der Waals surface area contributed by atoms with Crippen molar-refractivity contribution in [3.05, 3.63) is 36.9 Å². The molecule has 0 aromatic carbocycles.